The van der Waals surface area contributed by atoms with E-state index in [4.69, 9.17) is 4.74 Å². The lowest BCUT2D eigenvalue weighted by atomic mass is 10.3. The van der Waals surface area contributed by atoms with Crippen molar-refractivity contribution in [3.63, 3.8) is 0 Å². The van der Waals surface area contributed by atoms with Crippen LogP contribution in [0.5, 0.6) is 0 Å². The van der Waals surface area contributed by atoms with Gasteiger partial charge in [0.05, 0.1) is 6.54 Å². The molecular formula is C11H20N4O2. The number of aryl methyl sites for hydroxylation is 1. The van der Waals surface area contributed by atoms with E-state index in [-0.39, 0.29) is 5.91 Å². The second-order valence-corrected chi connectivity index (χ2v) is 3.76. The zero-order valence-electron chi connectivity index (χ0n) is 10.6. The van der Waals surface area contributed by atoms with Crippen molar-refractivity contribution in [1.82, 2.24) is 20.1 Å². The molecule has 0 fully saturated rings. The molecule has 1 heterocycles. The van der Waals surface area contributed by atoms with Gasteiger partial charge in [-0.15, -0.1) is 10.2 Å². The number of rotatable bonds is 7. The van der Waals surface area contributed by atoms with Crippen molar-refractivity contribution < 1.29 is 9.53 Å². The topological polar surface area (TPSA) is 69.0 Å². The third-order valence-electron chi connectivity index (χ3n) is 2.37. The number of hydrogen-bond acceptors (Lipinski definition) is 4. The average Bonchev–Trinajstić information content (AvgIpc) is 2.74. The molecule has 96 valence electrons. The highest BCUT2D eigenvalue weighted by atomic mass is 16.5. The highest BCUT2D eigenvalue weighted by molar-refractivity contribution is 5.80. The van der Waals surface area contributed by atoms with E-state index < -0.39 is 6.10 Å². The van der Waals surface area contributed by atoms with Crippen LogP contribution >= 0.6 is 0 Å². The predicted molar refractivity (Wildman–Crippen MR) is 63.2 cm³/mol. The standard InChI is InChI=1S/C11H20N4O2/c1-4-6-15-8-13-14-10(15)7-12-11(16)9(3)17-5-2/h8-9H,4-7H2,1-3H3,(H,12,16)/t9-/m0/s1. The van der Waals surface area contributed by atoms with E-state index in [2.05, 4.69) is 22.4 Å². The molecular weight excluding hydrogens is 220 g/mol. The van der Waals surface area contributed by atoms with Crippen LogP contribution in [0.4, 0.5) is 0 Å². The van der Waals surface area contributed by atoms with Gasteiger partial charge in [0.25, 0.3) is 0 Å². The number of carbonyl (C=O) groups is 1. The zero-order valence-corrected chi connectivity index (χ0v) is 10.6. The zero-order chi connectivity index (χ0) is 12.7. The third kappa shape index (κ3) is 4.14. The number of carbonyl (C=O) groups excluding carboxylic acids is 1. The van der Waals surface area contributed by atoms with Crippen molar-refractivity contribution in [3.05, 3.63) is 12.2 Å². The van der Waals surface area contributed by atoms with Gasteiger partial charge in [-0.05, 0) is 20.3 Å². The molecule has 6 nitrogen and oxygen atoms in total. The normalized spacial score (nSPS) is 12.4. The fraction of sp³-hybridized carbons (Fsp3) is 0.727. The number of aromatic nitrogens is 3. The van der Waals surface area contributed by atoms with Crippen LogP contribution in [0.2, 0.25) is 0 Å². The van der Waals surface area contributed by atoms with Crippen molar-refractivity contribution in [2.24, 2.45) is 0 Å². The number of ether oxygens (including phenoxy) is 1. The predicted octanol–water partition coefficient (Wildman–Crippen LogP) is 0.729. The number of nitrogens with zero attached hydrogens (tertiary/aromatic N) is 3. The molecule has 0 unspecified atom stereocenters. The van der Waals surface area contributed by atoms with Gasteiger partial charge in [-0.25, -0.2) is 0 Å². The minimum atomic E-state index is -0.428. The fourth-order valence-corrected chi connectivity index (χ4v) is 1.48. The van der Waals surface area contributed by atoms with Gasteiger partial charge in [0.1, 0.15) is 12.4 Å². The average molecular weight is 240 g/mol. The second kappa shape index (κ2) is 7.01. The van der Waals surface area contributed by atoms with Crippen molar-refractivity contribution >= 4 is 5.91 Å². The van der Waals surface area contributed by atoms with Gasteiger partial charge in [-0.3, -0.25) is 4.79 Å². The van der Waals surface area contributed by atoms with E-state index in [0.717, 1.165) is 18.8 Å². The molecule has 1 atom stereocenters. The summed E-state index contributed by atoms with van der Waals surface area (Å²) in [5, 5.41) is 10.6. The summed E-state index contributed by atoms with van der Waals surface area (Å²) < 4.78 is 7.13. The Labute approximate surface area is 101 Å². The highest BCUT2D eigenvalue weighted by Gasteiger charge is 2.13. The summed E-state index contributed by atoms with van der Waals surface area (Å²) in [5.41, 5.74) is 0. The molecule has 0 saturated heterocycles. The van der Waals surface area contributed by atoms with Crippen LogP contribution in [0.1, 0.15) is 33.0 Å². The SMILES string of the molecule is CCCn1cnnc1CNC(=O)[C@H](C)OCC. The first-order valence-electron chi connectivity index (χ1n) is 5.95. The molecule has 1 rings (SSSR count). The smallest absolute Gasteiger partial charge is 0.249 e. The summed E-state index contributed by atoms with van der Waals surface area (Å²) in [6.07, 6.45) is 2.26. The van der Waals surface area contributed by atoms with Gasteiger partial charge in [-0.1, -0.05) is 6.92 Å². The molecule has 0 saturated carbocycles. The van der Waals surface area contributed by atoms with Gasteiger partial charge in [0.2, 0.25) is 5.91 Å². The lowest BCUT2D eigenvalue weighted by Crippen LogP contribution is -2.34. The molecule has 0 spiro atoms. The molecule has 1 amide bonds. The molecule has 17 heavy (non-hydrogen) atoms. The maximum absolute atomic E-state index is 11.6. The lowest BCUT2D eigenvalue weighted by molar-refractivity contribution is -0.131. The summed E-state index contributed by atoms with van der Waals surface area (Å²) in [5.74, 6) is 0.641. The van der Waals surface area contributed by atoms with E-state index in [9.17, 15) is 4.79 Å². The van der Waals surface area contributed by atoms with Crippen LogP contribution in [0, 0.1) is 0 Å². The Hall–Kier alpha value is -1.43. The second-order valence-electron chi connectivity index (χ2n) is 3.76. The van der Waals surface area contributed by atoms with Crippen molar-refractivity contribution in [2.45, 2.75) is 46.4 Å². The maximum atomic E-state index is 11.6. The van der Waals surface area contributed by atoms with Crippen molar-refractivity contribution in [1.29, 1.82) is 0 Å². The number of nitrogens with one attached hydrogen (secondary N) is 1. The third-order valence-corrected chi connectivity index (χ3v) is 2.37. The Morgan fingerprint density at radius 3 is 3.00 bits per heavy atom. The molecule has 0 bridgehead atoms. The van der Waals surface area contributed by atoms with Gasteiger partial charge in [0.15, 0.2) is 5.82 Å². The lowest BCUT2D eigenvalue weighted by Gasteiger charge is -2.12. The first kappa shape index (κ1) is 13.6. The Kier molecular flexibility index (Phi) is 5.62. The number of amides is 1. The van der Waals surface area contributed by atoms with Crippen LogP contribution in [0.15, 0.2) is 6.33 Å². The minimum Gasteiger partial charge on any atom is -0.369 e. The van der Waals surface area contributed by atoms with E-state index >= 15 is 0 Å². The Morgan fingerprint density at radius 1 is 1.59 bits per heavy atom. The largest absolute Gasteiger partial charge is 0.369 e. The monoisotopic (exact) mass is 240 g/mol. The van der Waals surface area contributed by atoms with E-state index in [1.165, 1.54) is 0 Å². The first-order chi connectivity index (χ1) is 8.19. The quantitative estimate of drug-likeness (QED) is 0.762. The van der Waals surface area contributed by atoms with E-state index in [1.54, 1.807) is 13.3 Å². The maximum Gasteiger partial charge on any atom is 0.249 e. The Morgan fingerprint density at radius 2 is 2.35 bits per heavy atom. The molecule has 0 aliphatic rings. The van der Waals surface area contributed by atoms with E-state index in [1.807, 2.05) is 11.5 Å². The molecule has 0 aromatic carbocycles. The molecule has 0 aliphatic heterocycles. The minimum absolute atomic E-state index is 0.127. The molecule has 1 aromatic rings. The summed E-state index contributed by atoms with van der Waals surface area (Å²) in [7, 11) is 0. The Balaban J connectivity index is 2.44. The first-order valence-corrected chi connectivity index (χ1v) is 5.95. The van der Waals surface area contributed by atoms with Crippen LogP contribution in [-0.4, -0.2) is 33.4 Å². The van der Waals surface area contributed by atoms with Crippen molar-refractivity contribution in [3.8, 4) is 0 Å². The van der Waals surface area contributed by atoms with Gasteiger partial charge >= 0.3 is 0 Å². The molecule has 0 radical (unpaired) electrons. The summed E-state index contributed by atoms with van der Waals surface area (Å²) >= 11 is 0. The number of hydrogen-bond donors (Lipinski definition) is 1. The van der Waals surface area contributed by atoms with Crippen LogP contribution in [-0.2, 0) is 22.6 Å². The Bertz CT molecular complexity index is 351. The van der Waals surface area contributed by atoms with Gasteiger partial charge < -0.3 is 14.6 Å². The molecule has 6 heteroatoms. The summed E-state index contributed by atoms with van der Waals surface area (Å²) in [6, 6.07) is 0. The van der Waals surface area contributed by atoms with Gasteiger partial charge in [0, 0.05) is 13.2 Å². The van der Waals surface area contributed by atoms with Gasteiger partial charge in [-0.2, -0.15) is 0 Å². The molecule has 0 aliphatic carbocycles. The van der Waals surface area contributed by atoms with Crippen molar-refractivity contribution in [2.75, 3.05) is 6.61 Å². The van der Waals surface area contributed by atoms with Crippen LogP contribution in [0.25, 0.3) is 0 Å². The molecule has 1 N–H and O–H groups in total. The van der Waals surface area contributed by atoms with Crippen LogP contribution < -0.4 is 5.32 Å². The molecule has 1 aromatic heterocycles. The van der Waals surface area contributed by atoms with E-state index in [0.29, 0.717) is 13.2 Å². The van der Waals surface area contributed by atoms with Crippen LogP contribution in [0.3, 0.4) is 0 Å². The fourth-order valence-electron chi connectivity index (χ4n) is 1.48. The summed E-state index contributed by atoms with van der Waals surface area (Å²) in [4.78, 5) is 11.6. The summed E-state index contributed by atoms with van der Waals surface area (Å²) in [6.45, 7) is 7.45. The highest BCUT2D eigenvalue weighted by Crippen LogP contribution is 1.98.